The molecule has 0 spiro atoms. The number of phosphoric acid groups is 2. The molecule has 0 saturated carbocycles. The van der Waals surface area contributed by atoms with E-state index >= 15 is 0 Å². The summed E-state index contributed by atoms with van der Waals surface area (Å²) >= 11 is 0. The Kier molecular flexibility index (Phi) is 10.6. The third-order valence-corrected chi connectivity index (χ3v) is 12.6. The number of benzene rings is 2. The van der Waals surface area contributed by atoms with Crippen molar-refractivity contribution in [1.29, 1.82) is 0 Å². The Balaban J connectivity index is 1.72. The van der Waals surface area contributed by atoms with Crippen LogP contribution in [0.15, 0.2) is 52.9 Å². The van der Waals surface area contributed by atoms with Crippen molar-refractivity contribution < 1.29 is 45.7 Å². The van der Waals surface area contributed by atoms with Gasteiger partial charge in [0.1, 0.15) is 17.0 Å². The lowest BCUT2D eigenvalue weighted by Crippen LogP contribution is -2.66. The Hall–Kier alpha value is -2.27. The van der Waals surface area contributed by atoms with E-state index in [0.29, 0.717) is 16.0 Å². The van der Waals surface area contributed by atoms with Crippen molar-refractivity contribution in [3.63, 3.8) is 0 Å². The van der Waals surface area contributed by atoms with Gasteiger partial charge in [-0.25, -0.2) is 13.5 Å². The average Bonchev–Trinajstić information content (AvgIpc) is 3.17. The molecular formula is C31H40FNO9P2S. The maximum atomic E-state index is 14.5. The molecule has 2 aliphatic rings. The minimum atomic E-state index is -5.11. The first kappa shape index (κ1) is 35.6. The molecule has 1 heterocycles. The molecule has 45 heavy (non-hydrogen) atoms. The molecule has 14 heteroatoms. The molecule has 0 bridgehead atoms. The van der Waals surface area contributed by atoms with Crippen LogP contribution in [0.1, 0.15) is 83.4 Å². The van der Waals surface area contributed by atoms with Crippen molar-refractivity contribution in [2.45, 2.75) is 88.9 Å². The van der Waals surface area contributed by atoms with Crippen LogP contribution in [0, 0.1) is 5.82 Å². The van der Waals surface area contributed by atoms with E-state index in [1.54, 1.807) is 52.1 Å². The molecule has 2 aromatic rings. The number of carbonyl (C=O) groups excluding carboxylic acids is 1. The van der Waals surface area contributed by atoms with Crippen LogP contribution in [0.2, 0.25) is 0 Å². The Morgan fingerprint density at radius 3 is 2.18 bits per heavy atom. The van der Waals surface area contributed by atoms with Crippen molar-refractivity contribution in [1.82, 2.24) is 5.32 Å². The fourth-order valence-electron chi connectivity index (χ4n) is 6.60. The molecular weight excluding hydrogens is 643 g/mol. The van der Waals surface area contributed by atoms with Gasteiger partial charge >= 0.3 is 15.6 Å². The van der Waals surface area contributed by atoms with Gasteiger partial charge in [-0.15, -0.1) is 0 Å². The molecule has 1 amide bonds. The fourth-order valence-corrected chi connectivity index (χ4v) is 10.1. The summed E-state index contributed by atoms with van der Waals surface area (Å²) in [4.78, 5) is 35.3. The third kappa shape index (κ3) is 7.04. The van der Waals surface area contributed by atoms with Crippen molar-refractivity contribution in [3.8, 4) is 0 Å². The molecule has 3 N–H and O–H groups in total. The van der Waals surface area contributed by atoms with Crippen LogP contribution in [0.25, 0.3) is 17.2 Å². The molecule has 5 atom stereocenters. The minimum absolute atomic E-state index is 0.0362. The SMILES string of the molecule is CCC(NC(=O)CC1=C(C)/C(=C/c2ccc(S(C)=O)cc2)c2ccc(F)cc21)C1(CC)OP(=O)(O)OP(=O)(O)OC1(CC)CC. The lowest BCUT2D eigenvalue weighted by molar-refractivity contribution is -0.151. The highest BCUT2D eigenvalue weighted by molar-refractivity contribution is 7.84. The van der Waals surface area contributed by atoms with Crippen LogP contribution in [-0.4, -0.2) is 43.4 Å². The number of allylic oxidation sites excluding steroid dienone is 2. The predicted molar refractivity (Wildman–Crippen MR) is 172 cm³/mol. The molecule has 5 unspecified atom stereocenters. The van der Waals surface area contributed by atoms with Crippen LogP contribution in [0.4, 0.5) is 4.39 Å². The smallest absolute Gasteiger partial charge is 0.350 e. The van der Waals surface area contributed by atoms with Gasteiger partial charge in [-0.05, 0) is 96.4 Å². The van der Waals surface area contributed by atoms with Gasteiger partial charge in [-0.3, -0.25) is 18.1 Å². The lowest BCUT2D eigenvalue weighted by Gasteiger charge is -2.50. The van der Waals surface area contributed by atoms with Crippen LogP contribution < -0.4 is 5.32 Å². The Morgan fingerprint density at radius 1 is 1.00 bits per heavy atom. The number of fused-ring (bicyclic) bond motifs is 1. The van der Waals surface area contributed by atoms with Crippen LogP contribution in [0.5, 0.6) is 0 Å². The summed E-state index contributed by atoms with van der Waals surface area (Å²) in [7, 11) is -11.2. The largest absolute Gasteiger partial charge is 0.481 e. The van der Waals surface area contributed by atoms with Crippen molar-refractivity contribution >= 4 is 49.6 Å². The number of nitrogens with one attached hydrogen (secondary N) is 1. The summed E-state index contributed by atoms with van der Waals surface area (Å²) in [5.74, 6) is -0.927. The molecule has 0 radical (unpaired) electrons. The number of halogens is 1. The van der Waals surface area contributed by atoms with E-state index in [2.05, 4.69) is 9.63 Å². The Bertz CT molecular complexity index is 1650. The van der Waals surface area contributed by atoms with E-state index in [1.807, 2.05) is 25.1 Å². The van der Waals surface area contributed by atoms with Gasteiger partial charge in [-0.2, -0.15) is 4.31 Å². The summed E-state index contributed by atoms with van der Waals surface area (Å²) in [6.45, 7) is 8.67. The van der Waals surface area contributed by atoms with Gasteiger partial charge < -0.3 is 15.1 Å². The van der Waals surface area contributed by atoms with E-state index in [1.165, 1.54) is 12.1 Å². The van der Waals surface area contributed by atoms with E-state index < -0.39 is 55.4 Å². The predicted octanol–water partition coefficient (Wildman–Crippen LogP) is 7.15. The zero-order chi connectivity index (χ0) is 33.4. The summed E-state index contributed by atoms with van der Waals surface area (Å²) in [5, 5.41) is 2.94. The van der Waals surface area contributed by atoms with Gasteiger partial charge in [0.05, 0.1) is 12.5 Å². The standard InChI is InChI=1S/C31H40FNO9P2S/c1-7-28(31(10-4)30(8-2,9-3)40-43(35,36)42-44(37,38)41-31)33-29(34)19-26-20(5)25(24-16-13-22(32)18-27(24)26)17-21-11-14-23(15-12-21)45(6)39/h11-18,28H,7-10,19H2,1-6H3,(H,33,34)(H,35,36)(H,37,38)/b25-17-. The second kappa shape index (κ2) is 13.5. The monoisotopic (exact) mass is 683 g/mol. The molecule has 246 valence electrons. The van der Waals surface area contributed by atoms with E-state index in [-0.39, 0.29) is 32.1 Å². The molecule has 2 aromatic carbocycles. The van der Waals surface area contributed by atoms with E-state index in [9.17, 15) is 32.3 Å². The highest BCUT2D eigenvalue weighted by Gasteiger charge is 2.64. The average molecular weight is 684 g/mol. The number of hydrogen-bond acceptors (Lipinski definition) is 7. The molecule has 0 aromatic heterocycles. The highest BCUT2D eigenvalue weighted by Crippen LogP contribution is 2.70. The van der Waals surface area contributed by atoms with Crippen molar-refractivity contribution in [3.05, 3.63) is 70.5 Å². The number of rotatable bonds is 10. The van der Waals surface area contributed by atoms with Crippen LogP contribution in [0.3, 0.4) is 0 Å². The summed E-state index contributed by atoms with van der Waals surface area (Å²) in [6, 6.07) is 10.7. The number of amides is 1. The molecule has 10 nitrogen and oxygen atoms in total. The summed E-state index contributed by atoms with van der Waals surface area (Å²) in [6.07, 6.45) is 3.85. The molecule has 1 fully saturated rings. The molecule has 1 saturated heterocycles. The van der Waals surface area contributed by atoms with Crippen LogP contribution >= 0.6 is 15.6 Å². The van der Waals surface area contributed by atoms with E-state index in [4.69, 9.17) is 9.05 Å². The zero-order valence-corrected chi connectivity index (χ0v) is 28.8. The minimum Gasteiger partial charge on any atom is -0.350 e. The first-order chi connectivity index (χ1) is 21.1. The Morgan fingerprint density at radius 2 is 1.62 bits per heavy atom. The maximum absolute atomic E-state index is 14.5. The second-order valence-electron chi connectivity index (χ2n) is 11.2. The van der Waals surface area contributed by atoms with Crippen LogP contribution in [-0.2, 0) is 38.1 Å². The van der Waals surface area contributed by atoms with E-state index in [0.717, 1.165) is 22.3 Å². The maximum Gasteiger partial charge on any atom is 0.481 e. The van der Waals surface area contributed by atoms with Gasteiger partial charge in [0.15, 0.2) is 0 Å². The summed E-state index contributed by atoms with van der Waals surface area (Å²) in [5.41, 5.74) is 1.06. The fraction of sp³-hybridized carbons (Fsp3) is 0.452. The Labute approximate surface area is 265 Å². The third-order valence-electron chi connectivity index (χ3n) is 8.83. The van der Waals surface area contributed by atoms with Gasteiger partial charge in [0, 0.05) is 22.0 Å². The highest BCUT2D eigenvalue weighted by atomic mass is 32.2. The normalized spacial score (nSPS) is 28.4. The first-order valence-corrected chi connectivity index (χ1v) is 19.3. The second-order valence-corrected chi connectivity index (χ2v) is 15.5. The van der Waals surface area contributed by atoms with Gasteiger partial charge in [0.25, 0.3) is 0 Å². The quantitative estimate of drug-likeness (QED) is 0.222. The van der Waals surface area contributed by atoms with Crippen molar-refractivity contribution in [2.75, 3.05) is 6.26 Å². The molecule has 1 aliphatic carbocycles. The number of carbonyl (C=O) groups is 1. The molecule has 1 aliphatic heterocycles. The zero-order valence-electron chi connectivity index (χ0n) is 26.2. The topological polar surface area (TPSA) is 148 Å². The van der Waals surface area contributed by atoms with Crippen molar-refractivity contribution in [2.24, 2.45) is 0 Å². The summed E-state index contributed by atoms with van der Waals surface area (Å²) < 4.78 is 67.8. The number of phosphoric ester groups is 2. The number of hydrogen-bond donors (Lipinski definition) is 3. The van der Waals surface area contributed by atoms with Gasteiger partial charge in [0.2, 0.25) is 5.91 Å². The van der Waals surface area contributed by atoms with Gasteiger partial charge in [-0.1, -0.05) is 45.9 Å². The lowest BCUT2D eigenvalue weighted by atomic mass is 9.71. The molecule has 4 rings (SSSR count). The first-order valence-electron chi connectivity index (χ1n) is 14.8.